The van der Waals surface area contributed by atoms with Crippen LogP contribution in [0.3, 0.4) is 0 Å². The molecule has 0 radical (unpaired) electrons. The third-order valence-corrected chi connectivity index (χ3v) is 2.06. The molecule has 0 saturated heterocycles. The maximum atomic E-state index is 11.9. The van der Waals surface area contributed by atoms with E-state index in [9.17, 15) is 13.2 Å². The Morgan fingerprint density at radius 3 is 2.10 bits per heavy atom. The highest BCUT2D eigenvalue weighted by molar-refractivity contribution is 5.16. The zero-order chi connectivity index (χ0) is 7.94. The van der Waals surface area contributed by atoms with Gasteiger partial charge in [-0.25, -0.2) is 0 Å². The Labute approximate surface area is 57.7 Å². The van der Waals surface area contributed by atoms with Crippen molar-refractivity contribution in [3.8, 4) is 0 Å². The van der Waals surface area contributed by atoms with Crippen molar-refractivity contribution in [3.05, 3.63) is 12.2 Å². The van der Waals surface area contributed by atoms with Crippen molar-refractivity contribution in [1.29, 1.82) is 0 Å². The molecule has 0 aromatic carbocycles. The molecule has 0 nitrogen and oxygen atoms in total. The lowest BCUT2D eigenvalue weighted by Crippen LogP contribution is -2.36. The molecular formula is C7H9F3. The molecule has 0 amide bonds. The first-order valence-electron chi connectivity index (χ1n) is 3.18. The van der Waals surface area contributed by atoms with Crippen molar-refractivity contribution in [2.75, 3.05) is 0 Å². The van der Waals surface area contributed by atoms with Crippen molar-refractivity contribution in [2.45, 2.75) is 19.5 Å². The second-order valence-electron chi connectivity index (χ2n) is 2.81. The van der Waals surface area contributed by atoms with Gasteiger partial charge in [-0.2, -0.15) is 13.2 Å². The molecule has 1 fully saturated rings. The Morgan fingerprint density at radius 1 is 1.50 bits per heavy atom. The maximum Gasteiger partial charge on any atom is 0.395 e. The van der Waals surface area contributed by atoms with Crippen LogP contribution in [0.25, 0.3) is 0 Å². The summed E-state index contributed by atoms with van der Waals surface area (Å²) in [5.41, 5.74) is 0.340. The van der Waals surface area contributed by atoms with Crippen molar-refractivity contribution in [2.24, 2.45) is 11.8 Å². The average molecular weight is 150 g/mol. The third kappa shape index (κ3) is 1.04. The number of allylic oxidation sites excluding steroid dienone is 1. The van der Waals surface area contributed by atoms with E-state index in [1.165, 1.54) is 0 Å². The largest absolute Gasteiger partial charge is 0.395 e. The van der Waals surface area contributed by atoms with Crippen LogP contribution in [0.4, 0.5) is 13.2 Å². The van der Waals surface area contributed by atoms with Gasteiger partial charge in [0.2, 0.25) is 0 Å². The van der Waals surface area contributed by atoms with E-state index in [-0.39, 0.29) is 12.3 Å². The summed E-state index contributed by atoms with van der Waals surface area (Å²) in [4.78, 5) is 0. The summed E-state index contributed by atoms with van der Waals surface area (Å²) in [6.45, 7) is 5.14. The molecule has 0 heterocycles. The molecule has 10 heavy (non-hydrogen) atoms. The molecule has 2 unspecified atom stereocenters. The van der Waals surface area contributed by atoms with E-state index in [0.29, 0.717) is 5.57 Å². The Bertz CT molecular complexity index is 157. The predicted molar refractivity (Wildman–Crippen MR) is 32.5 cm³/mol. The van der Waals surface area contributed by atoms with Gasteiger partial charge in [0.1, 0.15) is 0 Å². The monoisotopic (exact) mass is 150 g/mol. The third-order valence-electron chi connectivity index (χ3n) is 2.06. The van der Waals surface area contributed by atoms with Crippen LogP contribution in [0.15, 0.2) is 12.2 Å². The van der Waals surface area contributed by atoms with Crippen molar-refractivity contribution >= 4 is 0 Å². The van der Waals surface area contributed by atoms with E-state index in [4.69, 9.17) is 0 Å². The molecule has 0 aliphatic heterocycles. The first-order valence-corrected chi connectivity index (χ1v) is 3.18. The van der Waals surface area contributed by atoms with Gasteiger partial charge in [-0.3, -0.25) is 0 Å². The van der Waals surface area contributed by atoms with E-state index >= 15 is 0 Å². The number of alkyl halides is 3. The first-order chi connectivity index (χ1) is 4.43. The summed E-state index contributed by atoms with van der Waals surface area (Å²) in [6.07, 6.45) is -3.83. The lowest BCUT2D eigenvalue weighted by Gasteiger charge is -2.37. The topological polar surface area (TPSA) is 0 Å². The molecule has 3 heteroatoms. The van der Waals surface area contributed by atoms with E-state index in [2.05, 4.69) is 6.58 Å². The van der Waals surface area contributed by atoms with Gasteiger partial charge in [0, 0.05) is 0 Å². The van der Waals surface area contributed by atoms with Gasteiger partial charge >= 0.3 is 6.18 Å². The van der Waals surface area contributed by atoms with E-state index in [1.807, 2.05) is 0 Å². The van der Waals surface area contributed by atoms with Gasteiger partial charge in [-0.1, -0.05) is 19.1 Å². The molecular weight excluding hydrogens is 141 g/mol. The minimum absolute atomic E-state index is 0.0617. The molecule has 0 aromatic rings. The van der Waals surface area contributed by atoms with Crippen LogP contribution in [0.1, 0.15) is 13.3 Å². The number of halogens is 3. The van der Waals surface area contributed by atoms with Crippen LogP contribution < -0.4 is 0 Å². The normalized spacial score (nSPS) is 33.8. The van der Waals surface area contributed by atoms with Crippen LogP contribution >= 0.6 is 0 Å². The van der Waals surface area contributed by atoms with Crippen molar-refractivity contribution in [1.82, 2.24) is 0 Å². The van der Waals surface area contributed by atoms with Gasteiger partial charge in [0.25, 0.3) is 0 Å². The Hall–Kier alpha value is -0.470. The van der Waals surface area contributed by atoms with Crippen LogP contribution in [-0.2, 0) is 0 Å². The minimum Gasteiger partial charge on any atom is -0.170 e. The molecule has 1 aliphatic rings. The molecule has 0 spiro atoms. The Kier molecular flexibility index (Phi) is 1.53. The number of hydrogen-bond acceptors (Lipinski definition) is 0. The second-order valence-corrected chi connectivity index (χ2v) is 2.81. The van der Waals surface area contributed by atoms with Crippen molar-refractivity contribution < 1.29 is 13.2 Å². The van der Waals surface area contributed by atoms with Gasteiger partial charge in [0.05, 0.1) is 5.92 Å². The van der Waals surface area contributed by atoms with Crippen LogP contribution in [0.5, 0.6) is 0 Å². The predicted octanol–water partition coefficient (Wildman–Crippen LogP) is 2.76. The minimum atomic E-state index is -4.05. The van der Waals surface area contributed by atoms with Gasteiger partial charge in [0.15, 0.2) is 0 Å². The molecule has 1 rings (SSSR count). The van der Waals surface area contributed by atoms with Crippen molar-refractivity contribution in [3.63, 3.8) is 0 Å². The number of hydrogen-bond donors (Lipinski definition) is 0. The summed E-state index contributed by atoms with van der Waals surface area (Å²) < 4.78 is 35.6. The lowest BCUT2D eigenvalue weighted by molar-refractivity contribution is -0.181. The standard InChI is InChI=1S/C7H9F3/c1-4-3-6(5(4)2)7(8,9)10/h4,6H,2-3H2,1H3. The first kappa shape index (κ1) is 7.63. The second kappa shape index (κ2) is 2.01. The molecule has 58 valence electrons. The van der Waals surface area contributed by atoms with Gasteiger partial charge in [-0.05, 0) is 12.3 Å². The van der Waals surface area contributed by atoms with Crippen LogP contribution in [0.2, 0.25) is 0 Å². The SMILES string of the molecule is C=C1C(C)CC1C(F)(F)F. The zero-order valence-corrected chi connectivity index (χ0v) is 5.70. The van der Waals surface area contributed by atoms with Gasteiger partial charge < -0.3 is 0 Å². The summed E-state index contributed by atoms with van der Waals surface area (Å²) >= 11 is 0. The van der Waals surface area contributed by atoms with Crippen LogP contribution in [-0.4, -0.2) is 6.18 Å². The number of rotatable bonds is 0. The highest BCUT2D eigenvalue weighted by Crippen LogP contribution is 2.47. The molecule has 1 saturated carbocycles. The van der Waals surface area contributed by atoms with Crippen LogP contribution in [0, 0.1) is 11.8 Å². The molecule has 1 aliphatic carbocycles. The summed E-state index contributed by atoms with van der Waals surface area (Å²) in [6, 6.07) is 0. The Morgan fingerprint density at radius 2 is 2.00 bits per heavy atom. The smallest absolute Gasteiger partial charge is 0.170 e. The lowest BCUT2D eigenvalue weighted by atomic mass is 9.71. The average Bonchev–Trinajstić information content (AvgIpc) is 1.79. The summed E-state index contributed by atoms with van der Waals surface area (Å²) in [5, 5.41) is 0. The fourth-order valence-electron chi connectivity index (χ4n) is 1.18. The Balaban J connectivity index is 2.56. The quantitative estimate of drug-likeness (QED) is 0.466. The molecule has 0 N–H and O–H groups in total. The van der Waals surface area contributed by atoms with E-state index < -0.39 is 12.1 Å². The fraction of sp³-hybridized carbons (Fsp3) is 0.714. The highest BCUT2D eigenvalue weighted by Gasteiger charge is 2.48. The van der Waals surface area contributed by atoms with Gasteiger partial charge in [-0.15, -0.1) is 0 Å². The molecule has 0 bridgehead atoms. The fourth-order valence-corrected chi connectivity index (χ4v) is 1.18. The highest BCUT2D eigenvalue weighted by atomic mass is 19.4. The van der Waals surface area contributed by atoms with E-state index in [1.54, 1.807) is 6.92 Å². The summed E-state index contributed by atoms with van der Waals surface area (Å²) in [7, 11) is 0. The maximum absolute atomic E-state index is 11.9. The molecule has 2 atom stereocenters. The summed E-state index contributed by atoms with van der Waals surface area (Å²) in [5.74, 6) is -1.16. The zero-order valence-electron chi connectivity index (χ0n) is 5.70. The van der Waals surface area contributed by atoms with E-state index in [0.717, 1.165) is 0 Å². The molecule has 0 aromatic heterocycles.